The number of anilines is 1. The van der Waals surface area contributed by atoms with Crippen molar-refractivity contribution in [2.24, 2.45) is 5.92 Å². The highest BCUT2D eigenvalue weighted by molar-refractivity contribution is 7.13. The Labute approximate surface area is 140 Å². The molecule has 1 fully saturated rings. The lowest BCUT2D eigenvalue weighted by molar-refractivity contribution is -0.142. The molecule has 2 atom stereocenters. The molecular formula is C16H24N2O4S. The Balaban J connectivity index is 1.72. The number of hydrogen-bond donors (Lipinski definition) is 1. The predicted octanol–water partition coefficient (Wildman–Crippen LogP) is 2.78. The lowest BCUT2D eigenvalue weighted by atomic mass is 9.89. The molecule has 0 aliphatic heterocycles. The largest absolute Gasteiger partial charge is 0.466 e. The standard InChI is InChI=1S/C16H24N2O4S/c1-3-21-15(20)8-12-10-23-16(17-12)18-14(19)9-22-13-6-4-5-11(2)7-13/h10-11,13H,3-9H2,1-2H3,(H,17,18,19). The van der Waals surface area contributed by atoms with E-state index in [4.69, 9.17) is 9.47 Å². The first-order valence-corrected chi connectivity index (χ1v) is 8.96. The van der Waals surface area contributed by atoms with Crippen molar-refractivity contribution in [1.82, 2.24) is 4.98 Å². The molecule has 0 saturated heterocycles. The topological polar surface area (TPSA) is 77.5 Å². The molecule has 6 nitrogen and oxygen atoms in total. The van der Waals surface area contributed by atoms with E-state index in [0.29, 0.717) is 23.4 Å². The number of ether oxygens (including phenoxy) is 2. The van der Waals surface area contributed by atoms with Gasteiger partial charge in [0.2, 0.25) is 0 Å². The molecule has 1 amide bonds. The van der Waals surface area contributed by atoms with Crippen LogP contribution in [0.1, 0.15) is 45.2 Å². The Morgan fingerprint density at radius 3 is 3.00 bits per heavy atom. The predicted molar refractivity (Wildman–Crippen MR) is 88.5 cm³/mol. The van der Waals surface area contributed by atoms with E-state index in [1.54, 1.807) is 12.3 Å². The summed E-state index contributed by atoms with van der Waals surface area (Å²) in [5.41, 5.74) is 0.603. The second kappa shape index (κ2) is 8.98. The summed E-state index contributed by atoms with van der Waals surface area (Å²) in [6.07, 6.45) is 4.76. The van der Waals surface area contributed by atoms with Gasteiger partial charge in [-0.3, -0.25) is 14.9 Å². The van der Waals surface area contributed by atoms with E-state index in [2.05, 4.69) is 17.2 Å². The molecule has 0 bridgehead atoms. The minimum Gasteiger partial charge on any atom is -0.466 e. The Morgan fingerprint density at radius 1 is 1.43 bits per heavy atom. The van der Waals surface area contributed by atoms with E-state index in [9.17, 15) is 9.59 Å². The van der Waals surface area contributed by atoms with Crippen LogP contribution in [0.4, 0.5) is 5.13 Å². The molecule has 7 heteroatoms. The number of esters is 1. The second-order valence-electron chi connectivity index (χ2n) is 5.88. The summed E-state index contributed by atoms with van der Waals surface area (Å²) >= 11 is 1.29. The number of hydrogen-bond acceptors (Lipinski definition) is 6. The van der Waals surface area contributed by atoms with Gasteiger partial charge in [0.15, 0.2) is 5.13 Å². The molecule has 1 saturated carbocycles. The molecule has 2 rings (SSSR count). The summed E-state index contributed by atoms with van der Waals surface area (Å²) in [7, 11) is 0. The number of nitrogens with one attached hydrogen (secondary N) is 1. The van der Waals surface area contributed by atoms with Crippen LogP contribution in [0.2, 0.25) is 0 Å². The molecule has 23 heavy (non-hydrogen) atoms. The molecule has 1 aromatic rings. The van der Waals surface area contributed by atoms with Crippen LogP contribution in [-0.2, 0) is 25.5 Å². The maximum absolute atomic E-state index is 11.9. The summed E-state index contributed by atoms with van der Waals surface area (Å²) in [6, 6.07) is 0. The average molecular weight is 340 g/mol. The van der Waals surface area contributed by atoms with Crippen molar-refractivity contribution in [3.05, 3.63) is 11.1 Å². The van der Waals surface area contributed by atoms with Crippen molar-refractivity contribution in [3.63, 3.8) is 0 Å². The minimum absolute atomic E-state index is 0.0458. The zero-order valence-electron chi connectivity index (χ0n) is 13.7. The third-order valence-corrected chi connectivity index (χ3v) is 4.57. The highest BCUT2D eigenvalue weighted by Crippen LogP contribution is 2.25. The Kier molecular flexibility index (Phi) is 6.98. The molecule has 0 aromatic carbocycles. The number of aromatic nitrogens is 1. The summed E-state index contributed by atoms with van der Waals surface area (Å²) < 4.78 is 10.6. The highest BCUT2D eigenvalue weighted by atomic mass is 32.1. The van der Waals surface area contributed by atoms with Gasteiger partial charge in [0, 0.05) is 5.38 Å². The number of amides is 1. The zero-order valence-corrected chi connectivity index (χ0v) is 14.5. The molecule has 128 valence electrons. The summed E-state index contributed by atoms with van der Waals surface area (Å²) in [5.74, 6) is 0.145. The first-order chi connectivity index (χ1) is 11.1. The van der Waals surface area contributed by atoms with E-state index < -0.39 is 0 Å². The van der Waals surface area contributed by atoms with Crippen molar-refractivity contribution in [1.29, 1.82) is 0 Å². The fourth-order valence-corrected chi connectivity index (χ4v) is 3.41. The molecule has 1 aliphatic rings. The van der Waals surface area contributed by atoms with Crippen molar-refractivity contribution in [2.75, 3.05) is 18.5 Å². The summed E-state index contributed by atoms with van der Waals surface area (Å²) in [4.78, 5) is 27.5. The van der Waals surface area contributed by atoms with Crippen LogP contribution in [0.25, 0.3) is 0 Å². The van der Waals surface area contributed by atoms with Crippen molar-refractivity contribution in [3.8, 4) is 0 Å². The van der Waals surface area contributed by atoms with Crippen LogP contribution >= 0.6 is 11.3 Å². The van der Waals surface area contributed by atoms with E-state index in [1.807, 2.05) is 0 Å². The number of rotatable bonds is 7. The van der Waals surface area contributed by atoms with Crippen LogP contribution in [-0.4, -0.2) is 36.2 Å². The van der Waals surface area contributed by atoms with Crippen LogP contribution in [0.15, 0.2) is 5.38 Å². The monoisotopic (exact) mass is 340 g/mol. The van der Waals surface area contributed by atoms with Gasteiger partial charge in [0.05, 0.1) is 24.8 Å². The normalized spacial score (nSPS) is 21.0. The molecule has 1 heterocycles. The van der Waals surface area contributed by atoms with Crippen LogP contribution in [0.5, 0.6) is 0 Å². The quantitative estimate of drug-likeness (QED) is 0.772. The molecule has 0 spiro atoms. The smallest absolute Gasteiger partial charge is 0.311 e. The Bertz CT molecular complexity index is 532. The van der Waals surface area contributed by atoms with Crippen LogP contribution in [0, 0.1) is 5.92 Å². The van der Waals surface area contributed by atoms with Gasteiger partial charge in [-0.15, -0.1) is 11.3 Å². The van der Waals surface area contributed by atoms with Gasteiger partial charge >= 0.3 is 5.97 Å². The fourth-order valence-electron chi connectivity index (χ4n) is 2.68. The Morgan fingerprint density at radius 2 is 2.26 bits per heavy atom. The molecule has 2 unspecified atom stereocenters. The lowest BCUT2D eigenvalue weighted by Gasteiger charge is -2.26. The van der Waals surface area contributed by atoms with Gasteiger partial charge in [0.1, 0.15) is 6.61 Å². The van der Waals surface area contributed by atoms with Crippen molar-refractivity contribution < 1.29 is 19.1 Å². The van der Waals surface area contributed by atoms with E-state index >= 15 is 0 Å². The number of carbonyl (C=O) groups excluding carboxylic acids is 2. The molecule has 1 N–H and O–H groups in total. The Hall–Kier alpha value is -1.47. The van der Waals surface area contributed by atoms with Gasteiger partial charge in [0.25, 0.3) is 5.91 Å². The second-order valence-corrected chi connectivity index (χ2v) is 6.74. The maximum Gasteiger partial charge on any atom is 0.311 e. The van der Waals surface area contributed by atoms with Crippen LogP contribution < -0.4 is 5.32 Å². The first-order valence-electron chi connectivity index (χ1n) is 8.08. The zero-order chi connectivity index (χ0) is 16.7. The third-order valence-electron chi connectivity index (χ3n) is 3.77. The van der Waals surface area contributed by atoms with Gasteiger partial charge in [-0.2, -0.15) is 0 Å². The molecule has 1 aliphatic carbocycles. The van der Waals surface area contributed by atoms with E-state index in [0.717, 1.165) is 19.3 Å². The SMILES string of the molecule is CCOC(=O)Cc1csc(NC(=O)COC2CCCC(C)C2)n1. The van der Waals surface area contributed by atoms with Gasteiger partial charge < -0.3 is 9.47 Å². The maximum atomic E-state index is 11.9. The summed E-state index contributed by atoms with van der Waals surface area (Å²) in [5, 5.41) is 4.94. The number of carbonyl (C=O) groups is 2. The summed E-state index contributed by atoms with van der Waals surface area (Å²) in [6.45, 7) is 4.38. The first kappa shape index (κ1) is 17.9. The molecule has 0 radical (unpaired) electrons. The van der Waals surface area contributed by atoms with Gasteiger partial charge in [-0.05, 0) is 25.7 Å². The number of thiazole rings is 1. The average Bonchev–Trinajstić information content (AvgIpc) is 2.92. The van der Waals surface area contributed by atoms with Crippen LogP contribution in [0.3, 0.4) is 0 Å². The fraction of sp³-hybridized carbons (Fsp3) is 0.688. The van der Waals surface area contributed by atoms with Gasteiger partial charge in [-0.25, -0.2) is 4.98 Å². The third kappa shape index (κ3) is 6.27. The number of nitrogens with zero attached hydrogens (tertiary/aromatic N) is 1. The molecule has 1 aromatic heterocycles. The van der Waals surface area contributed by atoms with Crippen molar-refractivity contribution in [2.45, 2.75) is 52.1 Å². The molecular weight excluding hydrogens is 316 g/mol. The lowest BCUT2D eigenvalue weighted by Crippen LogP contribution is -2.26. The van der Waals surface area contributed by atoms with E-state index in [1.165, 1.54) is 17.8 Å². The van der Waals surface area contributed by atoms with Crippen molar-refractivity contribution >= 4 is 28.3 Å². The van der Waals surface area contributed by atoms with E-state index in [-0.39, 0.29) is 31.0 Å². The van der Waals surface area contributed by atoms with Gasteiger partial charge in [-0.1, -0.05) is 19.8 Å². The minimum atomic E-state index is -0.314. The highest BCUT2D eigenvalue weighted by Gasteiger charge is 2.20.